The Morgan fingerprint density at radius 2 is 1.57 bits per heavy atom. The van der Waals surface area contributed by atoms with Gasteiger partial charge in [0.15, 0.2) is 0 Å². The second-order valence-electron chi connectivity index (χ2n) is 7.12. The van der Waals surface area contributed by atoms with Gasteiger partial charge in [-0.15, -0.1) is 11.3 Å². The average molecular weight is 406 g/mol. The molecule has 0 aromatic carbocycles. The summed E-state index contributed by atoms with van der Waals surface area (Å²) in [5.41, 5.74) is 1.07. The molecule has 5 nitrogen and oxygen atoms in total. The molecule has 28 heavy (non-hydrogen) atoms. The van der Waals surface area contributed by atoms with Gasteiger partial charge in [-0.05, 0) is 32.8 Å². The number of nitrogens with one attached hydrogen (secondary N) is 1. The fourth-order valence-corrected chi connectivity index (χ4v) is 4.34. The molecule has 1 rings (SSSR count). The van der Waals surface area contributed by atoms with Crippen molar-refractivity contribution in [3.63, 3.8) is 0 Å². The molecule has 1 aromatic heterocycles. The highest BCUT2D eigenvalue weighted by Crippen LogP contribution is 2.33. The van der Waals surface area contributed by atoms with Crippen molar-refractivity contribution in [1.82, 2.24) is 4.90 Å². The molecule has 0 bridgehead atoms. The van der Waals surface area contributed by atoms with Crippen LogP contribution in [0.25, 0.3) is 0 Å². The molecule has 0 saturated carbocycles. The lowest BCUT2D eigenvalue weighted by atomic mass is 10.1. The Labute approximate surface area is 174 Å². The number of rotatable bonds is 13. The minimum Gasteiger partial charge on any atom is -0.338 e. The molecule has 1 aromatic rings. The van der Waals surface area contributed by atoms with E-state index >= 15 is 0 Å². The molecule has 0 radical (unpaired) electrons. The topological polar surface area (TPSA) is 73.2 Å². The van der Waals surface area contributed by atoms with E-state index < -0.39 is 0 Å². The maximum Gasteiger partial charge on any atom is 0.264 e. The van der Waals surface area contributed by atoms with Gasteiger partial charge in [0.2, 0.25) is 5.91 Å². The SMILES string of the molecule is CCCCCCCCCCC(=O)Nc1sc(C(=O)N(CC)CC)c(C)c1C#N. The van der Waals surface area contributed by atoms with E-state index in [0.717, 1.165) is 12.8 Å². The molecular formula is C22H35N3O2S. The molecule has 0 atom stereocenters. The van der Waals surface area contributed by atoms with Crippen molar-refractivity contribution >= 4 is 28.2 Å². The van der Waals surface area contributed by atoms with Gasteiger partial charge in [-0.2, -0.15) is 5.26 Å². The molecule has 0 aliphatic heterocycles. The van der Waals surface area contributed by atoms with Gasteiger partial charge < -0.3 is 10.2 Å². The zero-order chi connectivity index (χ0) is 20.9. The van der Waals surface area contributed by atoms with Crippen LogP contribution in [0.5, 0.6) is 0 Å². The van der Waals surface area contributed by atoms with Gasteiger partial charge in [0.05, 0.1) is 10.4 Å². The van der Waals surface area contributed by atoms with Gasteiger partial charge in [-0.1, -0.05) is 51.9 Å². The molecule has 6 heteroatoms. The second-order valence-corrected chi connectivity index (χ2v) is 8.14. The lowest BCUT2D eigenvalue weighted by Gasteiger charge is -2.17. The maximum absolute atomic E-state index is 12.6. The summed E-state index contributed by atoms with van der Waals surface area (Å²) in [5, 5.41) is 12.8. The normalized spacial score (nSPS) is 10.5. The van der Waals surface area contributed by atoms with Crippen LogP contribution in [0.1, 0.15) is 99.4 Å². The molecule has 156 valence electrons. The lowest BCUT2D eigenvalue weighted by Crippen LogP contribution is -2.30. The summed E-state index contributed by atoms with van der Waals surface area (Å²) in [4.78, 5) is 27.2. The molecule has 0 spiro atoms. The Hall–Kier alpha value is -1.87. The van der Waals surface area contributed by atoms with Crippen molar-refractivity contribution < 1.29 is 9.59 Å². The number of nitriles is 1. The van der Waals surface area contributed by atoms with Gasteiger partial charge in [0.25, 0.3) is 5.91 Å². The minimum absolute atomic E-state index is 0.0763. The Morgan fingerprint density at radius 1 is 1.00 bits per heavy atom. The largest absolute Gasteiger partial charge is 0.338 e. The van der Waals surface area contributed by atoms with Crippen LogP contribution in [0.15, 0.2) is 0 Å². The van der Waals surface area contributed by atoms with E-state index in [1.807, 2.05) is 13.8 Å². The van der Waals surface area contributed by atoms with E-state index in [4.69, 9.17) is 0 Å². The zero-order valence-corrected chi connectivity index (χ0v) is 18.7. The number of carbonyl (C=O) groups is 2. The Balaban J connectivity index is 2.57. The monoisotopic (exact) mass is 405 g/mol. The van der Waals surface area contributed by atoms with Crippen molar-refractivity contribution in [2.75, 3.05) is 18.4 Å². The standard InChI is InChI=1S/C22H35N3O2S/c1-5-8-9-10-11-12-13-14-15-19(26)24-21-18(16-23)17(4)20(28-21)22(27)25(6-2)7-3/h5-15H2,1-4H3,(H,24,26). The first kappa shape index (κ1) is 24.2. The number of unbranched alkanes of at least 4 members (excludes halogenated alkanes) is 7. The molecule has 0 unspecified atom stereocenters. The third-order valence-corrected chi connectivity index (χ3v) is 6.21. The molecule has 0 aliphatic rings. The first-order valence-corrected chi connectivity index (χ1v) is 11.4. The van der Waals surface area contributed by atoms with E-state index in [2.05, 4.69) is 18.3 Å². The van der Waals surface area contributed by atoms with E-state index in [1.165, 1.54) is 49.9 Å². The average Bonchev–Trinajstić information content (AvgIpc) is 2.99. The summed E-state index contributed by atoms with van der Waals surface area (Å²) in [6.45, 7) is 9.10. The maximum atomic E-state index is 12.6. The Morgan fingerprint density at radius 3 is 2.11 bits per heavy atom. The van der Waals surface area contributed by atoms with Gasteiger partial charge in [-0.3, -0.25) is 9.59 Å². The van der Waals surface area contributed by atoms with Crippen LogP contribution >= 0.6 is 11.3 Å². The number of amides is 2. The summed E-state index contributed by atoms with van der Waals surface area (Å²) in [5.74, 6) is -0.154. The highest BCUT2D eigenvalue weighted by atomic mass is 32.1. The summed E-state index contributed by atoms with van der Waals surface area (Å²) < 4.78 is 0. The van der Waals surface area contributed by atoms with Crippen molar-refractivity contribution in [1.29, 1.82) is 5.26 Å². The predicted octanol–water partition coefficient (Wildman–Crippen LogP) is 5.88. The number of anilines is 1. The molecule has 0 aliphatic carbocycles. The van der Waals surface area contributed by atoms with Gasteiger partial charge in [-0.25, -0.2) is 0 Å². The number of thiophene rings is 1. The third kappa shape index (κ3) is 7.27. The minimum atomic E-state index is -0.0782. The van der Waals surface area contributed by atoms with Crippen LogP contribution in [0.3, 0.4) is 0 Å². The molecule has 1 heterocycles. The van der Waals surface area contributed by atoms with Crippen LogP contribution in [-0.4, -0.2) is 29.8 Å². The van der Waals surface area contributed by atoms with E-state index in [-0.39, 0.29) is 11.8 Å². The second kappa shape index (κ2) is 13.3. The highest BCUT2D eigenvalue weighted by Gasteiger charge is 2.23. The number of hydrogen-bond donors (Lipinski definition) is 1. The fourth-order valence-electron chi connectivity index (χ4n) is 3.20. The van der Waals surface area contributed by atoms with E-state index in [9.17, 15) is 14.9 Å². The third-order valence-electron chi connectivity index (χ3n) is 5.01. The highest BCUT2D eigenvalue weighted by molar-refractivity contribution is 7.18. The zero-order valence-electron chi connectivity index (χ0n) is 17.9. The quantitative estimate of drug-likeness (QED) is 0.416. The summed E-state index contributed by atoms with van der Waals surface area (Å²) in [6, 6.07) is 2.15. The summed E-state index contributed by atoms with van der Waals surface area (Å²) in [6.07, 6.45) is 9.93. The Bertz CT molecular complexity index is 672. The number of nitrogens with zero attached hydrogens (tertiary/aromatic N) is 2. The number of carbonyl (C=O) groups excluding carboxylic acids is 2. The summed E-state index contributed by atoms with van der Waals surface area (Å²) in [7, 11) is 0. The first-order chi connectivity index (χ1) is 13.5. The number of hydrogen-bond acceptors (Lipinski definition) is 4. The van der Waals surface area contributed by atoms with Gasteiger partial charge in [0, 0.05) is 19.5 Å². The fraction of sp³-hybridized carbons (Fsp3) is 0.682. The molecule has 0 saturated heterocycles. The lowest BCUT2D eigenvalue weighted by molar-refractivity contribution is -0.116. The smallest absolute Gasteiger partial charge is 0.264 e. The summed E-state index contributed by atoms with van der Waals surface area (Å²) >= 11 is 1.22. The molecule has 0 fully saturated rings. The molecule has 2 amide bonds. The molecular weight excluding hydrogens is 370 g/mol. The van der Waals surface area contributed by atoms with Crippen LogP contribution in [0.4, 0.5) is 5.00 Å². The van der Waals surface area contributed by atoms with Crippen molar-refractivity contribution in [3.8, 4) is 6.07 Å². The predicted molar refractivity (Wildman–Crippen MR) is 117 cm³/mol. The van der Waals surface area contributed by atoms with E-state index in [0.29, 0.717) is 40.5 Å². The van der Waals surface area contributed by atoms with Crippen LogP contribution in [0.2, 0.25) is 0 Å². The Kier molecular flexibility index (Phi) is 11.5. The first-order valence-electron chi connectivity index (χ1n) is 10.6. The van der Waals surface area contributed by atoms with Crippen LogP contribution in [0, 0.1) is 18.3 Å². The molecule has 1 N–H and O–H groups in total. The van der Waals surface area contributed by atoms with Crippen molar-refractivity contribution in [2.45, 2.75) is 85.5 Å². The van der Waals surface area contributed by atoms with Crippen molar-refractivity contribution in [3.05, 3.63) is 16.0 Å². The van der Waals surface area contributed by atoms with Gasteiger partial charge in [0.1, 0.15) is 11.1 Å². The van der Waals surface area contributed by atoms with Crippen LogP contribution in [-0.2, 0) is 4.79 Å². The van der Waals surface area contributed by atoms with Crippen LogP contribution < -0.4 is 5.32 Å². The van der Waals surface area contributed by atoms with E-state index in [1.54, 1.807) is 11.8 Å². The van der Waals surface area contributed by atoms with Gasteiger partial charge >= 0.3 is 0 Å². The van der Waals surface area contributed by atoms with Crippen molar-refractivity contribution in [2.24, 2.45) is 0 Å².